The lowest BCUT2D eigenvalue weighted by Crippen LogP contribution is -2.42. The van der Waals surface area contributed by atoms with Crippen LogP contribution in [0.3, 0.4) is 0 Å². The molecular formula is C12H22N2O. The predicted octanol–water partition coefficient (Wildman–Crippen LogP) is 1.54. The van der Waals surface area contributed by atoms with Crippen molar-refractivity contribution < 1.29 is 4.79 Å². The molecule has 3 heteroatoms. The van der Waals surface area contributed by atoms with Crippen LogP contribution in [0.25, 0.3) is 0 Å². The molecule has 1 unspecified atom stereocenters. The Bertz CT molecular complexity index is 248. The third-order valence-corrected chi connectivity index (χ3v) is 2.99. The average Bonchev–Trinajstić information content (AvgIpc) is 2.28. The summed E-state index contributed by atoms with van der Waals surface area (Å²) in [5.41, 5.74) is 6.52. The minimum Gasteiger partial charge on any atom is -0.339 e. The molecule has 0 aromatic carbocycles. The Labute approximate surface area is 92.3 Å². The predicted molar refractivity (Wildman–Crippen MR) is 62.4 cm³/mol. The number of rotatable bonds is 3. The van der Waals surface area contributed by atoms with Crippen molar-refractivity contribution in [2.24, 2.45) is 11.7 Å². The van der Waals surface area contributed by atoms with E-state index in [0.717, 1.165) is 37.9 Å². The van der Waals surface area contributed by atoms with Gasteiger partial charge in [-0.3, -0.25) is 4.79 Å². The van der Waals surface area contributed by atoms with Crippen LogP contribution in [0.1, 0.15) is 33.1 Å². The first-order valence-electron chi connectivity index (χ1n) is 5.85. The van der Waals surface area contributed by atoms with Crippen LogP contribution >= 0.6 is 0 Å². The molecule has 0 saturated carbocycles. The maximum Gasteiger partial charge on any atom is 0.249 e. The van der Waals surface area contributed by atoms with Crippen molar-refractivity contribution in [3.63, 3.8) is 0 Å². The number of piperidine rings is 1. The number of likely N-dealkylation sites (tertiary alicyclic amines) is 1. The molecule has 1 saturated heterocycles. The number of amides is 1. The van der Waals surface area contributed by atoms with Crippen LogP contribution in [0.4, 0.5) is 0 Å². The van der Waals surface area contributed by atoms with Crippen molar-refractivity contribution in [3.05, 3.63) is 11.6 Å². The second-order valence-electron chi connectivity index (χ2n) is 4.29. The first kappa shape index (κ1) is 12.2. The maximum atomic E-state index is 12.0. The Balaban J connectivity index is 2.56. The molecule has 0 bridgehead atoms. The van der Waals surface area contributed by atoms with E-state index < -0.39 is 0 Å². The lowest BCUT2D eigenvalue weighted by atomic mass is 9.97. The lowest BCUT2D eigenvalue weighted by molar-refractivity contribution is -0.128. The van der Waals surface area contributed by atoms with Gasteiger partial charge >= 0.3 is 0 Å². The molecule has 1 fully saturated rings. The molecule has 3 nitrogen and oxygen atoms in total. The molecule has 1 heterocycles. The fourth-order valence-corrected chi connectivity index (χ4v) is 2.08. The van der Waals surface area contributed by atoms with Gasteiger partial charge in [0.2, 0.25) is 5.91 Å². The highest BCUT2D eigenvalue weighted by atomic mass is 16.2. The van der Waals surface area contributed by atoms with Gasteiger partial charge in [0, 0.05) is 18.7 Å². The summed E-state index contributed by atoms with van der Waals surface area (Å²) in [6, 6.07) is 0. The third kappa shape index (κ3) is 3.34. The maximum absolute atomic E-state index is 12.0. The van der Waals surface area contributed by atoms with Gasteiger partial charge in [-0.05, 0) is 38.6 Å². The van der Waals surface area contributed by atoms with Crippen molar-refractivity contribution in [2.45, 2.75) is 33.1 Å². The van der Waals surface area contributed by atoms with Gasteiger partial charge in [-0.15, -0.1) is 0 Å². The summed E-state index contributed by atoms with van der Waals surface area (Å²) in [6.07, 6.45) is 5.17. The molecule has 86 valence electrons. The van der Waals surface area contributed by atoms with E-state index in [1.807, 2.05) is 17.9 Å². The zero-order valence-electron chi connectivity index (χ0n) is 9.83. The van der Waals surface area contributed by atoms with Crippen LogP contribution in [0.15, 0.2) is 11.6 Å². The summed E-state index contributed by atoms with van der Waals surface area (Å²) < 4.78 is 0. The van der Waals surface area contributed by atoms with Crippen molar-refractivity contribution in [3.8, 4) is 0 Å². The van der Waals surface area contributed by atoms with E-state index in [1.165, 1.54) is 0 Å². The Morgan fingerprint density at radius 2 is 2.33 bits per heavy atom. The lowest BCUT2D eigenvalue weighted by Gasteiger charge is -2.32. The molecule has 0 aliphatic carbocycles. The van der Waals surface area contributed by atoms with Gasteiger partial charge in [0.25, 0.3) is 0 Å². The van der Waals surface area contributed by atoms with E-state index in [9.17, 15) is 4.79 Å². The minimum atomic E-state index is 0.190. The number of allylic oxidation sites excluding steroid dienone is 1. The Kier molecular flexibility index (Phi) is 4.82. The molecule has 1 rings (SSSR count). The van der Waals surface area contributed by atoms with E-state index >= 15 is 0 Å². The van der Waals surface area contributed by atoms with Crippen LogP contribution < -0.4 is 5.73 Å². The summed E-state index contributed by atoms with van der Waals surface area (Å²) in [5.74, 6) is 0.687. The molecule has 0 aromatic rings. The molecule has 1 aliphatic heterocycles. The molecule has 0 spiro atoms. The smallest absolute Gasteiger partial charge is 0.249 e. The van der Waals surface area contributed by atoms with E-state index in [1.54, 1.807) is 0 Å². The Morgan fingerprint density at radius 1 is 1.60 bits per heavy atom. The Hall–Kier alpha value is -0.830. The van der Waals surface area contributed by atoms with Gasteiger partial charge in [-0.1, -0.05) is 13.0 Å². The molecule has 2 N–H and O–H groups in total. The van der Waals surface area contributed by atoms with Gasteiger partial charge in [0.15, 0.2) is 0 Å². The molecule has 0 radical (unpaired) electrons. The van der Waals surface area contributed by atoms with E-state index in [0.29, 0.717) is 12.5 Å². The Morgan fingerprint density at radius 3 is 2.93 bits per heavy atom. The van der Waals surface area contributed by atoms with Crippen molar-refractivity contribution in [2.75, 3.05) is 19.6 Å². The molecule has 1 atom stereocenters. The monoisotopic (exact) mass is 210 g/mol. The van der Waals surface area contributed by atoms with Gasteiger partial charge in [0.1, 0.15) is 0 Å². The van der Waals surface area contributed by atoms with Crippen LogP contribution in [0.5, 0.6) is 0 Å². The molecule has 15 heavy (non-hydrogen) atoms. The van der Waals surface area contributed by atoms with Crippen LogP contribution in [0.2, 0.25) is 0 Å². The second-order valence-corrected chi connectivity index (χ2v) is 4.29. The zero-order chi connectivity index (χ0) is 11.3. The number of nitrogens with two attached hydrogens (primary N) is 1. The topological polar surface area (TPSA) is 46.3 Å². The number of hydrogen-bond acceptors (Lipinski definition) is 2. The van der Waals surface area contributed by atoms with Gasteiger partial charge in [-0.25, -0.2) is 0 Å². The van der Waals surface area contributed by atoms with Crippen molar-refractivity contribution >= 4 is 5.91 Å². The molecular weight excluding hydrogens is 188 g/mol. The molecule has 1 amide bonds. The van der Waals surface area contributed by atoms with Gasteiger partial charge < -0.3 is 10.6 Å². The summed E-state index contributed by atoms with van der Waals surface area (Å²) in [4.78, 5) is 13.9. The van der Waals surface area contributed by atoms with Crippen molar-refractivity contribution in [1.29, 1.82) is 0 Å². The first-order valence-corrected chi connectivity index (χ1v) is 5.85. The quantitative estimate of drug-likeness (QED) is 0.718. The number of hydrogen-bond donors (Lipinski definition) is 1. The van der Waals surface area contributed by atoms with E-state index in [2.05, 4.69) is 6.92 Å². The second kappa shape index (κ2) is 5.91. The number of nitrogens with zero attached hydrogens (tertiary/aromatic N) is 1. The molecule has 1 aliphatic rings. The summed E-state index contributed by atoms with van der Waals surface area (Å²) >= 11 is 0. The average molecular weight is 210 g/mol. The van der Waals surface area contributed by atoms with Gasteiger partial charge in [0.05, 0.1) is 0 Å². The fourth-order valence-electron chi connectivity index (χ4n) is 2.08. The summed E-state index contributed by atoms with van der Waals surface area (Å²) in [7, 11) is 0. The van der Waals surface area contributed by atoms with Crippen LogP contribution in [-0.2, 0) is 4.79 Å². The summed E-state index contributed by atoms with van der Waals surface area (Å²) in [5, 5.41) is 0. The third-order valence-electron chi connectivity index (χ3n) is 2.99. The van der Waals surface area contributed by atoms with E-state index in [-0.39, 0.29) is 5.91 Å². The SMILES string of the molecule is CC/C=C(\C)C(=O)N1CCCC(CN)C1. The minimum absolute atomic E-state index is 0.190. The van der Waals surface area contributed by atoms with Crippen LogP contribution in [0, 0.1) is 5.92 Å². The van der Waals surface area contributed by atoms with E-state index in [4.69, 9.17) is 5.73 Å². The standard InChI is InChI=1S/C12H22N2O/c1-3-5-10(2)12(15)14-7-4-6-11(8-13)9-14/h5,11H,3-4,6-9,13H2,1-2H3/b10-5+. The van der Waals surface area contributed by atoms with Crippen LogP contribution in [-0.4, -0.2) is 30.4 Å². The highest BCUT2D eigenvalue weighted by molar-refractivity contribution is 5.92. The number of carbonyl (C=O) groups excluding carboxylic acids is 1. The fraction of sp³-hybridized carbons (Fsp3) is 0.750. The van der Waals surface area contributed by atoms with Gasteiger partial charge in [-0.2, -0.15) is 0 Å². The number of carbonyl (C=O) groups is 1. The van der Waals surface area contributed by atoms with Crippen molar-refractivity contribution in [1.82, 2.24) is 4.90 Å². The highest BCUT2D eigenvalue weighted by Gasteiger charge is 2.22. The molecule has 0 aromatic heterocycles. The largest absolute Gasteiger partial charge is 0.339 e. The summed E-state index contributed by atoms with van der Waals surface area (Å²) in [6.45, 7) is 6.38. The highest BCUT2D eigenvalue weighted by Crippen LogP contribution is 2.17. The zero-order valence-corrected chi connectivity index (χ0v) is 9.83. The normalized spacial score (nSPS) is 23.0. The first-order chi connectivity index (χ1) is 7.19.